The third-order valence-corrected chi connectivity index (χ3v) is 3.15. The molecule has 1 aliphatic rings. The van der Waals surface area contributed by atoms with E-state index in [1.165, 1.54) is 24.4 Å². The van der Waals surface area contributed by atoms with Gasteiger partial charge in [-0.25, -0.2) is 4.98 Å². The summed E-state index contributed by atoms with van der Waals surface area (Å²) in [6.07, 6.45) is 4.71. The zero-order valence-corrected chi connectivity index (χ0v) is 9.15. The largest absolute Gasteiger partial charge is 0.315 e. The molecule has 0 spiro atoms. The van der Waals surface area contributed by atoms with Gasteiger partial charge in [-0.3, -0.25) is 0 Å². The monoisotopic (exact) mass is 211 g/mol. The summed E-state index contributed by atoms with van der Waals surface area (Å²) in [4.78, 5) is 4.21. The van der Waals surface area contributed by atoms with Crippen molar-refractivity contribution in [2.75, 3.05) is 19.6 Å². The lowest BCUT2D eigenvalue weighted by Gasteiger charge is -2.04. The van der Waals surface area contributed by atoms with Crippen LogP contribution in [-0.4, -0.2) is 24.6 Å². The molecule has 0 saturated heterocycles. The molecule has 1 aromatic heterocycles. The summed E-state index contributed by atoms with van der Waals surface area (Å²) in [6, 6.07) is 0. The van der Waals surface area contributed by atoms with Gasteiger partial charge in [-0.2, -0.15) is 0 Å². The van der Waals surface area contributed by atoms with Crippen LogP contribution in [0.4, 0.5) is 0 Å². The highest BCUT2D eigenvalue weighted by molar-refractivity contribution is 7.09. The fourth-order valence-corrected chi connectivity index (χ4v) is 1.93. The smallest absolute Gasteiger partial charge is 0.106 e. The van der Waals surface area contributed by atoms with E-state index in [1.807, 2.05) is 11.6 Å². The molecular formula is C10H17N3S. The lowest BCUT2D eigenvalue weighted by Crippen LogP contribution is -2.28. The topological polar surface area (TPSA) is 37.0 Å². The van der Waals surface area contributed by atoms with E-state index in [0.717, 1.165) is 25.6 Å². The van der Waals surface area contributed by atoms with E-state index in [4.69, 9.17) is 0 Å². The normalized spacial score (nSPS) is 16.0. The first kappa shape index (κ1) is 10.1. The number of rotatable bonds is 7. The summed E-state index contributed by atoms with van der Waals surface area (Å²) in [5, 5.41) is 10.0. The van der Waals surface area contributed by atoms with Crippen molar-refractivity contribution in [1.82, 2.24) is 15.6 Å². The first-order valence-corrected chi connectivity index (χ1v) is 6.13. The third kappa shape index (κ3) is 3.74. The van der Waals surface area contributed by atoms with E-state index in [-0.39, 0.29) is 0 Å². The Morgan fingerprint density at radius 1 is 1.36 bits per heavy atom. The van der Waals surface area contributed by atoms with Gasteiger partial charge in [0, 0.05) is 31.2 Å². The number of hydrogen-bond acceptors (Lipinski definition) is 4. The van der Waals surface area contributed by atoms with E-state index in [0.29, 0.717) is 0 Å². The zero-order valence-electron chi connectivity index (χ0n) is 8.33. The summed E-state index contributed by atoms with van der Waals surface area (Å²) in [7, 11) is 0. The Labute approximate surface area is 88.9 Å². The average molecular weight is 211 g/mol. The molecule has 0 atom stereocenters. The van der Waals surface area contributed by atoms with Crippen molar-refractivity contribution in [3.05, 3.63) is 16.6 Å². The highest BCUT2D eigenvalue weighted by Gasteiger charge is 2.19. The summed E-state index contributed by atoms with van der Waals surface area (Å²) >= 11 is 1.71. The van der Waals surface area contributed by atoms with Crippen LogP contribution in [0, 0.1) is 5.92 Å². The van der Waals surface area contributed by atoms with E-state index < -0.39 is 0 Å². The van der Waals surface area contributed by atoms with Gasteiger partial charge in [0.2, 0.25) is 0 Å². The molecule has 1 aromatic rings. The van der Waals surface area contributed by atoms with E-state index in [2.05, 4.69) is 15.6 Å². The molecular weight excluding hydrogens is 194 g/mol. The van der Waals surface area contributed by atoms with Crippen LogP contribution >= 0.6 is 11.3 Å². The van der Waals surface area contributed by atoms with Gasteiger partial charge in [0.15, 0.2) is 0 Å². The van der Waals surface area contributed by atoms with Gasteiger partial charge in [0.05, 0.1) is 0 Å². The quantitative estimate of drug-likeness (QED) is 0.666. The summed E-state index contributed by atoms with van der Waals surface area (Å²) < 4.78 is 0. The number of aromatic nitrogens is 1. The summed E-state index contributed by atoms with van der Waals surface area (Å²) in [5.74, 6) is 0.981. The fraction of sp³-hybridized carbons (Fsp3) is 0.700. The molecule has 1 heterocycles. The predicted molar refractivity (Wildman–Crippen MR) is 59.4 cm³/mol. The first-order chi connectivity index (χ1) is 6.95. The van der Waals surface area contributed by atoms with Gasteiger partial charge in [-0.15, -0.1) is 11.3 Å². The highest BCUT2D eigenvalue weighted by atomic mass is 32.1. The van der Waals surface area contributed by atoms with E-state index in [1.54, 1.807) is 11.3 Å². The molecule has 0 radical (unpaired) electrons. The van der Waals surface area contributed by atoms with Crippen molar-refractivity contribution in [1.29, 1.82) is 0 Å². The predicted octanol–water partition coefficient (Wildman–Crippen LogP) is 1.23. The van der Waals surface area contributed by atoms with Gasteiger partial charge in [-0.05, 0) is 25.3 Å². The molecule has 1 saturated carbocycles. The molecule has 0 unspecified atom stereocenters. The molecule has 0 bridgehead atoms. The number of thiazole rings is 1. The van der Waals surface area contributed by atoms with Crippen LogP contribution in [0.15, 0.2) is 11.6 Å². The summed E-state index contributed by atoms with van der Waals surface area (Å²) in [6.45, 7) is 4.22. The van der Waals surface area contributed by atoms with E-state index in [9.17, 15) is 0 Å². The molecule has 1 aliphatic carbocycles. The van der Waals surface area contributed by atoms with Crippen LogP contribution in [0.1, 0.15) is 17.8 Å². The van der Waals surface area contributed by atoms with Crippen LogP contribution in [0.2, 0.25) is 0 Å². The Hall–Kier alpha value is -0.450. The fourth-order valence-electron chi connectivity index (χ4n) is 1.34. The van der Waals surface area contributed by atoms with Crippen LogP contribution < -0.4 is 10.6 Å². The minimum absolute atomic E-state index is 0.906. The van der Waals surface area contributed by atoms with Crippen molar-refractivity contribution >= 4 is 11.3 Å². The van der Waals surface area contributed by atoms with Crippen molar-refractivity contribution in [3.63, 3.8) is 0 Å². The maximum atomic E-state index is 4.21. The minimum atomic E-state index is 0.906. The average Bonchev–Trinajstić information content (AvgIpc) is 2.87. The molecule has 4 heteroatoms. The molecule has 2 N–H and O–H groups in total. The molecule has 14 heavy (non-hydrogen) atoms. The van der Waals surface area contributed by atoms with Gasteiger partial charge in [-0.1, -0.05) is 0 Å². The Morgan fingerprint density at radius 2 is 2.21 bits per heavy atom. The summed E-state index contributed by atoms with van der Waals surface area (Å²) in [5.41, 5.74) is 0. The Balaban J connectivity index is 1.43. The van der Waals surface area contributed by atoms with Crippen LogP contribution in [0.3, 0.4) is 0 Å². The molecule has 1 fully saturated rings. The van der Waals surface area contributed by atoms with E-state index >= 15 is 0 Å². The number of nitrogens with zero attached hydrogens (tertiary/aromatic N) is 1. The molecule has 2 rings (SSSR count). The molecule has 0 amide bonds. The lowest BCUT2D eigenvalue weighted by atomic mass is 10.4. The lowest BCUT2D eigenvalue weighted by molar-refractivity contribution is 0.589. The number of hydrogen-bond donors (Lipinski definition) is 2. The van der Waals surface area contributed by atoms with Crippen molar-refractivity contribution in [2.24, 2.45) is 5.92 Å². The maximum Gasteiger partial charge on any atom is 0.106 e. The van der Waals surface area contributed by atoms with Gasteiger partial charge in [0.1, 0.15) is 5.01 Å². The SMILES string of the molecule is c1csc(CNCCNCC2CC2)n1. The Morgan fingerprint density at radius 3 is 2.93 bits per heavy atom. The molecule has 0 aromatic carbocycles. The van der Waals surface area contributed by atoms with Gasteiger partial charge < -0.3 is 10.6 Å². The van der Waals surface area contributed by atoms with Crippen LogP contribution in [0.5, 0.6) is 0 Å². The standard InChI is InChI=1S/C10H17N3S/c1-2-9(1)7-11-3-4-12-8-10-13-5-6-14-10/h5-6,9,11-12H,1-4,7-8H2. The first-order valence-electron chi connectivity index (χ1n) is 5.25. The second-order valence-electron chi connectivity index (χ2n) is 3.75. The van der Waals surface area contributed by atoms with Crippen molar-refractivity contribution in [3.8, 4) is 0 Å². The highest BCUT2D eigenvalue weighted by Crippen LogP contribution is 2.27. The van der Waals surface area contributed by atoms with Gasteiger partial charge in [0.25, 0.3) is 0 Å². The van der Waals surface area contributed by atoms with Gasteiger partial charge >= 0.3 is 0 Å². The Kier molecular flexibility index (Phi) is 3.91. The second kappa shape index (κ2) is 5.44. The van der Waals surface area contributed by atoms with Crippen LogP contribution in [-0.2, 0) is 6.54 Å². The van der Waals surface area contributed by atoms with Crippen molar-refractivity contribution < 1.29 is 0 Å². The third-order valence-electron chi connectivity index (χ3n) is 2.37. The molecule has 78 valence electrons. The second-order valence-corrected chi connectivity index (χ2v) is 4.73. The minimum Gasteiger partial charge on any atom is -0.315 e. The zero-order chi connectivity index (χ0) is 9.64. The number of nitrogens with one attached hydrogen (secondary N) is 2. The van der Waals surface area contributed by atoms with Crippen LogP contribution in [0.25, 0.3) is 0 Å². The molecule has 3 nitrogen and oxygen atoms in total. The molecule has 0 aliphatic heterocycles. The maximum absolute atomic E-state index is 4.21. The Bertz CT molecular complexity index is 244. The van der Waals surface area contributed by atoms with Crippen molar-refractivity contribution in [2.45, 2.75) is 19.4 Å².